The zero-order valence-corrected chi connectivity index (χ0v) is 59.1. The van der Waals surface area contributed by atoms with Gasteiger partial charge in [-0.3, -0.25) is 43.7 Å². The molecular formula is C79H131NO16. The molecule has 0 atom stereocenters. The Morgan fingerprint density at radius 1 is 0.479 bits per heavy atom. The largest absolute Gasteiger partial charge is 0.466 e. The molecule has 0 spiro atoms. The van der Waals surface area contributed by atoms with E-state index < -0.39 is 4.92 Å². The molecule has 0 aliphatic heterocycles. The van der Waals surface area contributed by atoms with Crippen LogP contribution in [0, 0.1) is 51.5 Å². The molecule has 0 heterocycles. The van der Waals surface area contributed by atoms with Crippen molar-refractivity contribution >= 4 is 47.5 Å². The number of carbonyl (C=O) groups is 7. The second-order valence-corrected chi connectivity index (χ2v) is 24.4. The van der Waals surface area contributed by atoms with Crippen LogP contribution in [-0.2, 0) is 79.9 Å². The summed E-state index contributed by atoms with van der Waals surface area (Å²) in [5.74, 6) is -1.50. The molecule has 1 aliphatic carbocycles. The number of nitrogens with zero attached hydrogens (tertiary/aromatic N) is 1. The topological polar surface area (TPSA) is 227 Å². The Bertz CT molecular complexity index is 2740. The number of ether oxygens (including phenoxy) is 7. The lowest BCUT2D eigenvalue weighted by molar-refractivity contribution is -0.385. The second kappa shape index (κ2) is 58.4. The van der Waals surface area contributed by atoms with Gasteiger partial charge in [-0.15, -0.1) is 0 Å². The summed E-state index contributed by atoms with van der Waals surface area (Å²) in [4.78, 5) is 86.9. The lowest BCUT2D eigenvalue weighted by Crippen LogP contribution is -2.26. The van der Waals surface area contributed by atoms with E-state index in [1.807, 2.05) is 132 Å². The molecule has 0 unspecified atom stereocenters. The van der Waals surface area contributed by atoms with Gasteiger partial charge in [-0.2, -0.15) is 0 Å². The Hall–Kier alpha value is -7.95. The number of carbonyl (C=O) groups excluding carboxylic acids is 7. The lowest BCUT2D eigenvalue weighted by Gasteiger charge is -2.20. The molecule has 96 heavy (non-hydrogen) atoms. The van der Waals surface area contributed by atoms with E-state index >= 15 is 0 Å². The summed E-state index contributed by atoms with van der Waals surface area (Å²) in [6, 6.07) is 32.6. The average Bonchev–Trinajstić information content (AvgIpc) is 1.63. The van der Waals surface area contributed by atoms with Crippen molar-refractivity contribution in [3.63, 3.8) is 0 Å². The molecule has 0 aromatic heterocycles. The number of benzene rings is 4. The van der Waals surface area contributed by atoms with E-state index in [-0.39, 0.29) is 144 Å². The first-order chi connectivity index (χ1) is 42.4. The first-order valence-corrected chi connectivity index (χ1v) is 31.3. The van der Waals surface area contributed by atoms with Gasteiger partial charge in [0.25, 0.3) is 5.69 Å². The van der Waals surface area contributed by atoms with E-state index in [0.717, 1.165) is 24.7 Å². The number of hydrogen-bond donors (Lipinski definition) is 0. The highest BCUT2D eigenvalue weighted by molar-refractivity contribution is 5.79. The molecule has 1 aliphatic rings. The number of hydrogen-bond acceptors (Lipinski definition) is 16. The summed E-state index contributed by atoms with van der Waals surface area (Å²) in [5.41, 5.74) is 8.93. The molecule has 4 aromatic carbocycles. The van der Waals surface area contributed by atoms with Gasteiger partial charge in [-0.05, 0) is 95.7 Å². The monoisotopic (exact) mass is 1350 g/mol. The highest BCUT2D eigenvalue weighted by atomic mass is 16.6. The fraction of sp³-hybridized carbons (Fsp3) is 0.557. The quantitative estimate of drug-likeness (QED) is 0.0162. The number of allylic oxidation sites excluding steroid dienone is 2. The van der Waals surface area contributed by atoms with Crippen LogP contribution in [0.5, 0.6) is 0 Å². The summed E-state index contributed by atoms with van der Waals surface area (Å²) in [5, 5.41) is 10.7. The third-order valence-corrected chi connectivity index (χ3v) is 12.1. The highest BCUT2D eigenvalue weighted by Gasteiger charge is 2.29. The van der Waals surface area contributed by atoms with Crippen LogP contribution in [0.25, 0.3) is 11.1 Å². The van der Waals surface area contributed by atoms with Crippen LogP contribution in [0.3, 0.4) is 0 Å². The molecule has 5 rings (SSSR count). The minimum Gasteiger partial charge on any atom is -0.466 e. The van der Waals surface area contributed by atoms with E-state index in [9.17, 15) is 43.7 Å². The predicted molar refractivity (Wildman–Crippen MR) is 396 cm³/mol. The number of esters is 7. The highest BCUT2D eigenvalue weighted by Crippen LogP contribution is 2.44. The summed E-state index contributed by atoms with van der Waals surface area (Å²) >= 11 is 0. The number of rotatable bonds is 19. The van der Waals surface area contributed by atoms with Crippen molar-refractivity contribution in [3.8, 4) is 11.1 Å². The molecule has 0 bridgehead atoms. The molecule has 0 saturated heterocycles. The minimum atomic E-state index is -0.488. The van der Waals surface area contributed by atoms with Crippen LogP contribution >= 0.6 is 0 Å². The third kappa shape index (κ3) is 49.6. The van der Waals surface area contributed by atoms with Crippen LogP contribution in [0.1, 0.15) is 237 Å². The van der Waals surface area contributed by atoms with Gasteiger partial charge in [0.05, 0.1) is 71.4 Å². The van der Waals surface area contributed by atoms with Gasteiger partial charge in [-0.25, -0.2) is 0 Å². The van der Waals surface area contributed by atoms with E-state index in [4.69, 9.17) is 23.7 Å². The molecule has 548 valence electrons. The number of nitro benzene ring substituents is 1. The fourth-order valence-corrected chi connectivity index (χ4v) is 6.22. The van der Waals surface area contributed by atoms with Gasteiger partial charge < -0.3 is 33.2 Å². The normalized spacial score (nSPS) is 10.1. The van der Waals surface area contributed by atoms with Gasteiger partial charge in [0.15, 0.2) is 0 Å². The molecule has 0 amide bonds. The maximum atomic E-state index is 11.7. The summed E-state index contributed by atoms with van der Waals surface area (Å²) < 4.78 is 34.5. The molecule has 0 fully saturated rings. The van der Waals surface area contributed by atoms with E-state index in [2.05, 4.69) is 87.1 Å². The van der Waals surface area contributed by atoms with E-state index in [1.165, 1.54) is 39.5 Å². The van der Waals surface area contributed by atoms with Crippen LogP contribution < -0.4 is 0 Å². The van der Waals surface area contributed by atoms with Crippen molar-refractivity contribution in [2.75, 3.05) is 19.8 Å². The SMILES string of the molecule is C.C.C.C.C.C=COC(=O)C(C)C.CC(C)=C(C)C.CC(C)C(=O)OC(C)(C)C.CC(C)C(=O)OCC1c2ccccc2-c2ccccc21.CC(C)C(=O)OCc1ccccc1.CC(C)C(=O)OCc1ccccc1[N+](=O)[O-].CCCCOC(=O)C(C)C.CCOC(=O)C(C)C. The molecule has 0 saturated carbocycles. The number of fused-ring (bicyclic) bond motifs is 3. The predicted octanol–water partition coefficient (Wildman–Crippen LogP) is 20.7. The van der Waals surface area contributed by atoms with Gasteiger partial charge in [0, 0.05) is 12.0 Å². The van der Waals surface area contributed by atoms with E-state index in [0.29, 0.717) is 32.0 Å². The van der Waals surface area contributed by atoms with Crippen molar-refractivity contribution in [2.45, 2.75) is 234 Å². The Morgan fingerprint density at radius 3 is 1.17 bits per heavy atom. The van der Waals surface area contributed by atoms with Crippen molar-refractivity contribution < 1.29 is 71.6 Å². The first kappa shape index (κ1) is 104. The summed E-state index contributed by atoms with van der Waals surface area (Å²) in [6.45, 7) is 48.3. The molecule has 17 heteroatoms. The fourth-order valence-electron chi connectivity index (χ4n) is 6.22. The molecule has 0 N–H and O–H groups in total. The number of nitro groups is 1. The Balaban J connectivity index is -0.000000157. The van der Waals surface area contributed by atoms with Crippen molar-refractivity contribution in [1.82, 2.24) is 0 Å². The number of para-hydroxylation sites is 1. The minimum absolute atomic E-state index is 0. The van der Waals surface area contributed by atoms with Gasteiger partial charge in [-0.1, -0.05) is 256 Å². The zero-order valence-electron chi connectivity index (χ0n) is 59.1. The molecule has 0 radical (unpaired) electrons. The van der Waals surface area contributed by atoms with Crippen LogP contribution in [0.4, 0.5) is 5.69 Å². The second-order valence-electron chi connectivity index (χ2n) is 24.4. The Labute approximate surface area is 582 Å². The van der Waals surface area contributed by atoms with Crippen LogP contribution in [0.2, 0.25) is 0 Å². The average molecular weight is 1350 g/mol. The standard InChI is InChI=1S/C18H18O2.C11H13NO4.C11H14O2.2C8H16O2.C6H12O2.C6H10O2.C6H12.5CH4/c1-12(2)18(19)20-11-17-15-9-5-3-7-13(15)14-8-4-6-10-16(14)17;1-8(2)11(13)16-7-9-5-3-4-6-10(9)12(14)15;1-9(2)11(12)13-8-10-6-4-3-5-7-10;1-6(2)7(9)10-8(3,4)5;1-4-5-6-10-8(9)7(2)3;2*1-4-8-6(7)5(2)3;1-5(2)6(3)4;;;;;/h3-10,12,17H,11H2,1-2H3;3-6,8H,7H2,1-2H3;3-7,9H,8H2,1-2H3;6H,1-5H3;7H,4-6H2,1-3H3;5H,4H2,1-3H3;4-5H,1H2,2-3H3;1-4H3;5*1H4. The smallest absolute Gasteiger partial charge is 0.313 e. The van der Waals surface area contributed by atoms with Gasteiger partial charge in [0.1, 0.15) is 25.4 Å². The Morgan fingerprint density at radius 2 is 0.833 bits per heavy atom. The van der Waals surface area contributed by atoms with Gasteiger partial charge in [0.2, 0.25) is 0 Å². The maximum Gasteiger partial charge on any atom is 0.313 e. The zero-order chi connectivity index (χ0) is 70.6. The number of unbranched alkanes of at least 4 members (excludes halogenated alkanes) is 1. The molecule has 4 aromatic rings. The van der Waals surface area contributed by atoms with Crippen molar-refractivity contribution in [1.29, 1.82) is 0 Å². The molecular weight excluding hydrogens is 1220 g/mol. The lowest BCUT2D eigenvalue weighted by atomic mass is 9.98. The van der Waals surface area contributed by atoms with Crippen molar-refractivity contribution in [2.24, 2.45) is 41.4 Å². The maximum absolute atomic E-state index is 11.7. The van der Waals surface area contributed by atoms with E-state index in [1.54, 1.807) is 52.8 Å². The summed E-state index contributed by atoms with van der Waals surface area (Å²) in [6.07, 6.45) is 3.19. The molecule has 17 nitrogen and oxygen atoms in total. The van der Waals surface area contributed by atoms with Crippen LogP contribution in [0.15, 0.2) is 127 Å². The first-order valence-electron chi connectivity index (χ1n) is 31.3. The third-order valence-electron chi connectivity index (χ3n) is 12.1. The van der Waals surface area contributed by atoms with Crippen LogP contribution in [-0.4, -0.2) is 72.1 Å². The Kier molecular flexibility index (Phi) is 63.4. The van der Waals surface area contributed by atoms with Gasteiger partial charge >= 0.3 is 41.8 Å². The summed E-state index contributed by atoms with van der Waals surface area (Å²) in [7, 11) is 0. The van der Waals surface area contributed by atoms with Crippen molar-refractivity contribution in [3.05, 3.63) is 159 Å².